The molecule has 222 valence electrons. The Kier molecular flexibility index (Phi) is 12.9. The van der Waals surface area contributed by atoms with Crippen molar-refractivity contribution >= 4 is 33.7 Å². The maximum Gasteiger partial charge on any atom is 0.222 e. The predicted octanol–water partition coefficient (Wildman–Crippen LogP) is 0.943. The van der Waals surface area contributed by atoms with Gasteiger partial charge in [-0.25, -0.2) is 9.97 Å². The van der Waals surface area contributed by atoms with Crippen LogP contribution in [-0.4, -0.2) is 97.3 Å². The molecular formula is C27H42N6O7. The molecule has 13 heteroatoms. The number of nitrogens with one attached hydrogen (secondary N) is 1. The monoisotopic (exact) mass is 562 g/mol. The van der Waals surface area contributed by atoms with Crippen molar-refractivity contribution in [3.63, 3.8) is 0 Å². The van der Waals surface area contributed by atoms with Crippen LogP contribution in [0.1, 0.15) is 26.1 Å². The molecule has 1 aromatic carbocycles. The molecule has 40 heavy (non-hydrogen) atoms. The van der Waals surface area contributed by atoms with Gasteiger partial charge in [-0.1, -0.05) is 18.2 Å². The van der Waals surface area contributed by atoms with Gasteiger partial charge in [0.25, 0.3) is 0 Å². The lowest BCUT2D eigenvalue weighted by Crippen LogP contribution is -2.47. The van der Waals surface area contributed by atoms with E-state index in [0.29, 0.717) is 76.5 Å². The molecule has 0 saturated carbocycles. The largest absolute Gasteiger partial charge is 0.382 e. The predicted molar refractivity (Wildman–Crippen MR) is 150 cm³/mol. The first-order valence-corrected chi connectivity index (χ1v) is 13.4. The Balaban J connectivity index is 1.48. The topological polar surface area (TPSA) is 178 Å². The van der Waals surface area contributed by atoms with E-state index in [1.165, 1.54) is 0 Å². The number of nitrogens with two attached hydrogens (primary N) is 2. The van der Waals surface area contributed by atoms with Gasteiger partial charge in [0, 0.05) is 24.9 Å². The second-order valence-corrected chi connectivity index (χ2v) is 9.72. The maximum atomic E-state index is 12.7. The average molecular weight is 563 g/mol. The third kappa shape index (κ3) is 9.63. The Labute approximate surface area is 234 Å². The van der Waals surface area contributed by atoms with Crippen molar-refractivity contribution in [2.75, 3.05) is 71.9 Å². The summed E-state index contributed by atoms with van der Waals surface area (Å²) in [5.41, 5.74) is 13.0. The standard InChI is InChI=1S/C27H42N6O7/c1-27(2,32-23(35)7-9-36-11-13-38-15-16-39-14-12-37-10-8-28)18-33-22(17-40-19-34)31-24-25(33)20-5-3-4-6-21(20)30-26(24)29/h3-6,34H,7-19,28H2,1-2H3,(H2,29,30)(H,32,35). The van der Waals surface area contributed by atoms with Gasteiger partial charge in [-0.2, -0.15) is 0 Å². The molecule has 0 bridgehead atoms. The summed E-state index contributed by atoms with van der Waals surface area (Å²) in [6.07, 6.45) is 0.209. The Morgan fingerprint density at radius 1 is 0.950 bits per heavy atom. The van der Waals surface area contributed by atoms with Crippen LogP contribution in [0.4, 0.5) is 5.82 Å². The van der Waals surface area contributed by atoms with Crippen LogP contribution in [0, 0.1) is 0 Å². The maximum absolute atomic E-state index is 12.7. The number of benzene rings is 1. The number of para-hydroxylation sites is 1. The van der Waals surface area contributed by atoms with E-state index >= 15 is 0 Å². The fourth-order valence-electron chi connectivity index (χ4n) is 4.21. The lowest BCUT2D eigenvalue weighted by Gasteiger charge is -2.28. The van der Waals surface area contributed by atoms with E-state index in [1.54, 1.807) is 0 Å². The minimum absolute atomic E-state index is 0.0776. The van der Waals surface area contributed by atoms with E-state index in [0.717, 1.165) is 16.4 Å². The van der Waals surface area contributed by atoms with E-state index in [1.807, 2.05) is 42.7 Å². The van der Waals surface area contributed by atoms with Crippen LogP contribution >= 0.6 is 0 Å². The number of ether oxygens (including phenoxy) is 5. The first-order valence-electron chi connectivity index (χ1n) is 13.4. The second kappa shape index (κ2) is 16.4. The number of hydrogen-bond acceptors (Lipinski definition) is 11. The Hall–Kier alpha value is -2.91. The number of aliphatic hydroxyl groups is 1. The number of imidazole rings is 1. The van der Waals surface area contributed by atoms with Crippen molar-refractivity contribution in [1.29, 1.82) is 0 Å². The minimum atomic E-state index is -0.643. The quantitative estimate of drug-likeness (QED) is 0.114. The van der Waals surface area contributed by atoms with Crippen LogP contribution in [0.15, 0.2) is 24.3 Å². The van der Waals surface area contributed by atoms with Crippen molar-refractivity contribution in [2.24, 2.45) is 5.73 Å². The van der Waals surface area contributed by atoms with E-state index < -0.39 is 12.3 Å². The molecule has 2 aromatic heterocycles. The number of aromatic nitrogens is 3. The van der Waals surface area contributed by atoms with Crippen LogP contribution < -0.4 is 16.8 Å². The molecular weight excluding hydrogens is 520 g/mol. The highest BCUT2D eigenvalue weighted by atomic mass is 16.6. The molecule has 0 atom stereocenters. The zero-order chi connectivity index (χ0) is 28.8. The number of hydrogen-bond donors (Lipinski definition) is 4. The number of nitrogens with zero attached hydrogens (tertiary/aromatic N) is 3. The average Bonchev–Trinajstić information content (AvgIpc) is 3.28. The Morgan fingerprint density at radius 2 is 1.57 bits per heavy atom. The lowest BCUT2D eigenvalue weighted by atomic mass is 10.0. The number of anilines is 1. The van der Waals surface area contributed by atoms with Crippen LogP contribution in [-0.2, 0) is 41.6 Å². The van der Waals surface area contributed by atoms with Crippen molar-refractivity contribution in [3.8, 4) is 0 Å². The molecule has 0 radical (unpaired) electrons. The summed E-state index contributed by atoms with van der Waals surface area (Å²) in [6, 6.07) is 7.67. The SMILES string of the molecule is CC(C)(Cn1c(COCO)nc2c(N)nc3ccccc3c21)NC(=O)CCOCCOCCOCCOCCN. The van der Waals surface area contributed by atoms with Gasteiger partial charge in [0.15, 0.2) is 5.82 Å². The van der Waals surface area contributed by atoms with E-state index in [2.05, 4.69) is 15.3 Å². The molecule has 13 nitrogen and oxygen atoms in total. The first-order chi connectivity index (χ1) is 19.4. The van der Waals surface area contributed by atoms with Crippen LogP contribution in [0.25, 0.3) is 21.9 Å². The fourth-order valence-corrected chi connectivity index (χ4v) is 4.21. The summed E-state index contributed by atoms with van der Waals surface area (Å²) in [4.78, 5) is 21.8. The van der Waals surface area contributed by atoms with Crippen LogP contribution in [0.3, 0.4) is 0 Å². The summed E-state index contributed by atoms with van der Waals surface area (Å²) in [7, 11) is 0. The third-order valence-electron chi connectivity index (χ3n) is 5.89. The van der Waals surface area contributed by atoms with Gasteiger partial charge in [0.1, 0.15) is 24.7 Å². The summed E-state index contributed by atoms with van der Waals surface area (Å²) in [5.74, 6) is 0.741. The Morgan fingerprint density at radius 3 is 2.23 bits per heavy atom. The Bertz CT molecular complexity index is 1200. The fraction of sp³-hybridized carbons (Fsp3) is 0.593. The number of carbonyl (C=O) groups is 1. The zero-order valence-electron chi connectivity index (χ0n) is 23.4. The van der Waals surface area contributed by atoms with Crippen LogP contribution in [0.5, 0.6) is 0 Å². The molecule has 3 rings (SSSR count). The highest BCUT2D eigenvalue weighted by molar-refractivity contribution is 6.06. The summed E-state index contributed by atoms with van der Waals surface area (Å²) in [5, 5.41) is 13.2. The highest BCUT2D eigenvalue weighted by Gasteiger charge is 2.26. The van der Waals surface area contributed by atoms with Gasteiger partial charge in [-0.3, -0.25) is 4.79 Å². The molecule has 3 aromatic rings. The lowest BCUT2D eigenvalue weighted by molar-refractivity contribution is -0.124. The van der Waals surface area contributed by atoms with Gasteiger partial charge in [-0.05, 0) is 19.9 Å². The number of carbonyl (C=O) groups excluding carboxylic acids is 1. The van der Waals surface area contributed by atoms with Gasteiger partial charge in [0.05, 0.1) is 69.4 Å². The number of aliphatic hydroxyl groups excluding tert-OH is 1. The molecule has 0 saturated heterocycles. The number of pyridine rings is 1. The molecule has 0 fully saturated rings. The third-order valence-corrected chi connectivity index (χ3v) is 5.89. The van der Waals surface area contributed by atoms with Crippen LogP contribution in [0.2, 0.25) is 0 Å². The number of amides is 1. The van der Waals surface area contributed by atoms with Crippen molar-refractivity contribution in [3.05, 3.63) is 30.1 Å². The van der Waals surface area contributed by atoms with E-state index in [-0.39, 0.29) is 25.5 Å². The number of fused-ring (bicyclic) bond motifs is 3. The van der Waals surface area contributed by atoms with E-state index in [9.17, 15) is 9.90 Å². The molecule has 0 aliphatic rings. The van der Waals surface area contributed by atoms with Gasteiger partial charge in [-0.15, -0.1) is 0 Å². The summed E-state index contributed by atoms with van der Waals surface area (Å²) in [6.45, 7) is 7.94. The van der Waals surface area contributed by atoms with Crippen molar-refractivity contribution < 1.29 is 33.6 Å². The number of nitrogen functional groups attached to an aromatic ring is 1. The summed E-state index contributed by atoms with van der Waals surface area (Å²) >= 11 is 0. The van der Waals surface area contributed by atoms with Gasteiger partial charge >= 0.3 is 0 Å². The normalized spacial score (nSPS) is 12.0. The summed E-state index contributed by atoms with van der Waals surface area (Å²) < 4.78 is 28.8. The molecule has 0 spiro atoms. The zero-order valence-corrected chi connectivity index (χ0v) is 23.4. The highest BCUT2D eigenvalue weighted by Crippen LogP contribution is 2.30. The smallest absolute Gasteiger partial charge is 0.222 e. The second-order valence-electron chi connectivity index (χ2n) is 9.72. The van der Waals surface area contributed by atoms with Gasteiger partial charge < -0.3 is 50.1 Å². The van der Waals surface area contributed by atoms with Crippen molar-refractivity contribution in [1.82, 2.24) is 19.9 Å². The van der Waals surface area contributed by atoms with Gasteiger partial charge in [0.2, 0.25) is 5.91 Å². The van der Waals surface area contributed by atoms with E-state index in [4.69, 9.17) is 35.2 Å². The molecule has 1 amide bonds. The minimum Gasteiger partial charge on any atom is -0.382 e. The number of rotatable bonds is 20. The molecule has 2 heterocycles. The molecule has 0 unspecified atom stereocenters. The molecule has 0 aliphatic carbocycles. The molecule has 6 N–H and O–H groups in total. The molecule has 0 aliphatic heterocycles. The first kappa shape index (κ1) is 31.6. The van der Waals surface area contributed by atoms with Crippen molar-refractivity contribution in [2.45, 2.75) is 39.0 Å².